The molecule has 0 saturated carbocycles. The molecule has 1 aromatic carbocycles. The van der Waals surface area contributed by atoms with E-state index in [1.165, 1.54) is 6.08 Å². The monoisotopic (exact) mass is 255 g/mol. The molecule has 0 aliphatic rings. The number of nitrogens with zero attached hydrogens (tertiary/aromatic N) is 2. The highest BCUT2D eigenvalue weighted by Crippen LogP contribution is 2.13. The van der Waals surface area contributed by atoms with E-state index in [-0.39, 0.29) is 5.91 Å². The van der Waals surface area contributed by atoms with Gasteiger partial charge in [0.15, 0.2) is 0 Å². The lowest BCUT2D eigenvalue weighted by Crippen LogP contribution is -2.07. The highest BCUT2D eigenvalue weighted by atomic mass is 16.1. The SMILES string of the molecule is Cc1nn(C)c(C)c1/C=C\C(=O)Nc1ccccc1. The van der Waals surface area contributed by atoms with Crippen LogP contribution in [0.3, 0.4) is 0 Å². The smallest absolute Gasteiger partial charge is 0.248 e. The van der Waals surface area contributed by atoms with Crippen LogP contribution in [-0.2, 0) is 11.8 Å². The number of anilines is 1. The fourth-order valence-electron chi connectivity index (χ4n) is 1.90. The lowest BCUT2D eigenvalue weighted by molar-refractivity contribution is -0.111. The summed E-state index contributed by atoms with van der Waals surface area (Å²) >= 11 is 0. The number of hydrogen-bond acceptors (Lipinski definition) is 2. The van der Waals surface area contributed by atoms with Crippen molar-refractivity contribution < 1.29 is 4.79 Å². The average Bonchev–Trinajstić information content (AvgIpc) is 2.62. The molecule has 1 aromatic heterocycles. The van der Waals surface area contributed by atoms with Gasteiger partial charge < -0.3 is 5.32 Å². The molecule has 0 bridgehead atoms. The van der Waals surface area contributed by atoms with Crippen molar-refractivity contribution in [3.8, 4) is 0 Å². The van der Waals surface area contributed by atoms with E-state index < -0.39 is 0 Å². The highest BCUT2D eigenvalue weighted by molar-refractivity contribution is 6.02. The maximum Gasteiger partial charge on any atom is 0.248 e. The second-order valence-corrected chi connectivity index (χ2v) is 4.40. The summed E-state index contributed by atoms with van der Waals surface area (Å²) in [5.41, 5.74) is 3.74. The molecule has 98 valence electrons. The number of benzene rings is 1. The van der Waals surface area contributed by atoms with Crippen LogP contribution in [0.25, 0.3) is 6.08 Å². The molecule has 0 aliphatic heterocycles. The molecule has 1 amide bonds. The van der Waals surface area contributed by atoms with Gasteiger partial charge in [-0.3, -0.25) is 9.48 Å². The van der Waals surface area contributed by atoms with Gasteiger partial charge in [0.1, 0.15) is 0 Å². The minimum atomic E-state index is -0.145. The molecule has 0 spiro atoms. The number of carbonyl (C=O) groups is 1. The maximum atomic E-state index is 11.8. The Morgan fingerprint density at radius 2 is 1.95 bits per heavy atom. The van der Waals surface area contributed by atoms with Gasteiger partial charge in [-0.2, -0.15) is 5.10 Å². The van der Waals surface area contributed by atoms with E-state index in [4.69, 9.17) is 0 Å². The summed E-state index contributed by atoms with van der Waals surface area (Å²) in [5.74, 6) is -0.145. The third-order valence-corrected chi connectivity index (χ3v) is 3.01. The first-order chi connectivity index (χ1) is 9.08. The van der Waals surface area contributed by atoms with E-state index in [1.807, 2.05) is 55.9 Å². The van der Waals surface area contributed by atoms with E-state index in [2.05, 4.69) is 10.4 Å². The summed E-state index contributed by atoms with van der Waals surface area (Å²) in [6.45, 7) is 3.91. The molecule has 2 aromatic rings. The number of hydrogen-bond donors (Lipinski definition) is 1. The van der Waals surface area contributed by atoms with Crippen molar-refractivity contribution in [1.29, 1.82) is 0 Å². The summed E-state index contributed by atoms with van der Waals surface area (Å²) in [4.78, 5) is 11.8. The molecule has 4 heteroatoms. The summed E-state index contributed by atoms with van der Waals surface area (Å²) in [6.07, 6.45) is 3.33. The molecule has 1 N–H and O–H groups in total. The van der Waals surface area contributed by atoms with Crippen molar-refractivity contribution >= 4 is 17.7 Å². The zero-order valence-corrected chi connectivity index (χ0v) is 11.3. The van der Waals surface area contributed by atoms with Crippen molar-refractivity contribution in [2.24, 2.45) is 7.05 Å². The Bertz CT molecular complexity index is 612. The second kappa shape index (κ2) is 5.52. The standard InChI is InChI=1S/C15H17N3O/c1-11-14(12(2)18(3)17-11)9-10-15(19)16-13-7-5-4-6-8-13/h4-10H,1-3H3,(H,16,19)/b10-9-. The quantitative estimate of drug-likeness (QED) is 0.857. The Kier molecular flexibility index (Phi) is 3.80. The molecule has 0 aliphatic carbocycles. The van der Waals surface area contributed by atoms with E-state index in [9.17, 15) is 4.79 Å². The number of para-hydroxylation sites is 1. The maximum absolute atomic E-state index is 11.8. The Morgan fingerprint density at radius 3 is 2.53 bits per heavy atom. The lowest BCUT2D eigenvalue weighted by Gasteiger charge is -2.00. The van der Waals surface area contributed by atoms with E-state index >= 15 is 0 Å². The van der Waals surface area contributed by atoms with Crippen LogP contribution < -0.4 is 5.32 Å². The van der Waals surface area contributed by atoms with Gasteiger partial charge in [-0.15, -0.1) is 0 Å². The van der Waals surface area contributed by atoms with Gasteiger partial charge >= 0.3 is 0 Å². The number of carbonyl (C=O) groups excluding carboxylic acids is 1. The molecule has 19 heavy (non-hydrogen) atoms. The fourth-order valence-corrected chi connectivity index (χ4v) is 1.90. The zero-order chi connectivity index (χ0) is 13.8. The fraction of sp³-hybridized carbons (Fsp3) is 0.200. The van der Waals surface area contributed by atoms with Crippen molar-refractivity contribution in [1.82, 2.24) is 9.78 Å². The summed E-state index contributed by atoms with van der Waals surface area (Å²) in [6, 6.07) is 9.38. The van der Waals surface area contributed by atoms with Crippen molar-refractivity contribution in [2.75, 3.05) is 5.32 Å². The van der Waals surface area contributed by atoms with E-state index in [0.29, 0.717) is 0 Å². The molecule has 0 radical (unpaired) electrons. The van der Waals surface area contributed by atoms with Gasteiger partial charge in [-0.05, 0) is 32.1 Å². The first-order valence-corrected chi connectivity index (χ1v) is 6.12. The Morgan fingerprint density at radius 1 is 1.26 bits per heavy atom. The van der Waals surface area contributed by atoms with Crippen LogP contribution in [0.5, 0.6) is 0 Å². The van der Waals surface area contributed by atoms with E-state index in [0.717, 1.165) is 22.6 Å². The van der Waals surface area contributed by atoms with Crippen LogP contribution in [-0.4, -0.2) is 15.7 Å². The Balaban J connectivity index is 2.08. The summed E-state index contributed by atoms with van der Waals surface area (Å²) in [5, 5.41) is 7.11. The topological polar surface area (TPSA) is 46.9 Å². The first-order valence-electron chi connectivity index (χ1n) is 6.12. The molecular formula is C15H17N3O. The van der Waals surface area contributed by atoms with Crippen molar-refractivity contribution in [2.45, 2.75) is 13.8 Å². The van der Waals surface area contributed by atoms with Crippen LogP contribution in [0.2, 0.25) is 0 Å². The predicted octanol–water partition coefficient (Wildman–Crippen LogP) is 2.69. The van der Waals surface area contributed by atoms with Gasteiger partial charge in [-0.1, -0.05) is 18.2 Å². The van der Waals surface area contributed by atoms with E-state index in [1.54, 1.807) is 6.08 Å². The van der Waals surface area contributed by atoms with Gasteiger partial charge in [0.05, 0.1) is 5.69 Å². The summed E-state index contributed by atoms with van der Waals surface area (Å²) < 4.78 is 1.81. The Labute approximate surface area is 112 Å². The molecule has 0 atom stereocenters. The number of amides is 1. The second-order valence-electron chi connectivity index (χ2n) is 4.40. The van der Waals surface area contributed by atoms with Crippen molar-refractivity contribution in [3.05, 3.63) is 53.4 Å². The predicted molar refractivity (Wildman–Crippen MR) is 76.8 cm³/mol. The number of aryl methyl sites for hydroxylation is 2. The lowest BCUT2D eigenvalue weighted by atomic mass is 10.2. The van der Waals surface area contributed by atoms with Gasteiger partial charge in [0, 0.05) is 30.1 Å². The van der Waals surface area contributed by atoms with Gasteiger partial charge in [0.25, 0.3) is 0 Å². The number of rotatable bonds is 3. The zero-order valence-electron chi connectivity index (χ0n) is 11.3. The van der Waals surface area contributed by atoms with Crippen LogP contribution in [0.1, 0.15) is 17.0 Å². The molecule has 2 rings (SSSR count). The van der Waals surface area contributed by atoms with Crippen molar-refractivity contribution in [3.63, 3.8) is 0 Å². The normalized spacial score (nSPS) is 10.9. The third-order valence-electron chi connectivity index (χ3n) is 3.01. The average molecular weight is 255 g/mol. The molecule has 0 saturated heterocycles. The minimum absolute atomic E-state index is 0.145. The third kappa shape index (κ3) is 3.10. The first kappa shape index (κ1) is 13.1. The molecule has 0 fully saturated rings. The molecular weight excluding hydrogens is 238 g/mol. The van der Waals surface area contributed by atoms with Crippen LogP contribution >= 0.6 is 0 Å². The van der Waals surface area contributed by atoms with Crippen LogP contribution in [0.4, 0.5) is 5.69 Å². The molecule has 0 unspecified atom stereocenters. The Hall–Kier alpha value is -2.36. The molecule has 1 heterocycles. The summed E-state index contributed by atoms with van der Waals surface area (Å²) in [7, 11) is 1.89. The molecule has 4 nitrogen and oxygen atoms in total. The number of aromatic nitrogens is 2. The van der Waals surface area contributed by atoms with Crippen LogP contribution in [0.15, 0.2) is 36.4 Å². The van der Waals surface area contributed by atoms with Crippen LogP contribution in [0, 0.1) is 13.8 Å². The minimum Gasteiger partial charge on any atom is -0.323 e. The van der Waals surface area contributed by atoms with Gasteiger partial charge in [-0.25, -0.2) is 0 Å². The highest BCUT2D eigenvalue weighted by Gasteiger charge is 2.06. The van der Waals surface area contributed by atoms with Gasteiger partial charge in [0.2, 0.25) is 5.91 Å². The largest absolute Gasteiger partial charge is 0.323 e. The number of nitrogens with one attached hydrogen (secondary N) is 1.